The Balaban J connectivity index is 3.00. The number of benzene rings is 1. The molecular weight excluding hydrogens is 169 g/mol. The van der Waals surface area contributed by atoms with Crippen molar-refractivity contribution in [1.29, 1.82) is 0 Å². The minimum Gasteiger partial charge on any atom is -0.440 e. The molecular formula is C10H12FNO. The fourth-order valence-electron chi connectivity index (χ4n) is 0.939. The van der Waals surface area contributed by atoms with Crippen molar-refractivity contribution in [2.45, 2.75) is 13.8 Å². The summed E-state index contributed by atoms with van der Waals surface area (Å²) in [5, 5.41) is 0. The van der Waals surface area contributed by atoms with Gasteiger partial charge in [-0.1, -0.05) is 12.1 Å². The molecule has 0 aliphatic carbocycles. The highest BCUT2D eigenvalue weighted by Gasteiger charge is 2.06. The molecule has 1 aromatic carbocycles. The Morgan fingerprint density at radius 3 is 2.69 bits per heavy atom. The number of nitrogens with zero attached hydrogens (tertiary/aromatic N) is 1. The van der Waals surface area contributed by atoms with Gasteiger partial charge in [0.15, 0.2) is 17.5 Å². The van der Waals surface area contributed by atoms with Gasteiger partial charge in [-0.25, -0.2) is 4.39 Å². The molecule has 0 unspecified atom stereocenters. The summed E-state index contributed by atoms with van der Waals surface area (Å²) in [5.41, 5.74) is 0.767. The molecule has 0 fully saturated rings. The molecule has 0 aliphatic heterocycles. The zero-order valence-electron chi connectivity index (χ0n) is 7.97. The molecule has 0 bridgehead atoms. The van der Waals surface area contributed by atoms with Gasteiger partial charge >= 0.3 is 0 Å². The van der Waals surface area contributed by atoms with Gasteiger partial charge in [-0.2, -0.15) is 0 Å². The third-order valence-corrected chi connectivity index (χ3v) is 1.73. The zero-order chi connectivity index (χ0) is 9.84. The van der Waals surface area contributed by atoms with Crippen molar-refractivity contribution in [2.75, 3.05) is 7.05 Å². The second-order valence-corrected chi connectivity index (χ2v) is 2.73. The van der Waals surface area contributed by atoms with E-state index < -0.39 is 0 Å². The van der Waals surface area contributed by atoms with Gasteiger partial charge in [-0.05, 0) is 18.6 Å². The zero-order valence-corrected chi connectivity index (χ0v) is 7.97. The van der Waals surface area contributed by atoms with Crippen LogP contribution >= 0.6 is 0 Å². The molecule has 0 atom stereocenters. The Morgan fingerprint density at radius 2 is 2.15 bits per heavy atom. The summed E-state index contributed by atoms with van der Waals surface area (Å²) in [6.45, 7) is 3.48. The summed E-state index contributed by atoms with van der Waals surface area (Å²) >= 11 is 0. The summed E-state index contributed by atoms with van der Waals surface area (Å²) in [5.74, 6) is 0.349. The molecule has 0 aromatic heterocycles. The van der Waals surface area contributed by atoms with Crippen LogP contribution in [0.25, 0.3) is 0 Å². The van der Waals surface area contributed by atoms with Crippen LogP contribution in [-0.4, -0.2) is 12.9 Å². The molecule has 0 aliphatic rings. The minimum atomic E-state index is -0.358. The third kappa shape index (κ3) is 2.28. The van der Waals surface area contributed by atoms with Gasteiger partial charge in [0.05, 0.1) is 0 Å². The average molecular weight is 181 g/mol. The number of aryl methyl sites for hydroxylation is 1. The number of para-hydroxylation sites is 1. The lowest BCUT2D eigenvalue weighted by Gasteiger charge is -2.07. The van der Waals surface area contributed by atoms with E-state index in [2.05, 4.69) is 4.99 Å². The minimum absolute atomic E-state index is 0.255. The number of halogens is 1. The van der Waals surface area contributed by atoms with Gasteiger partial charge in [0, 0.05) is 14.0 Å². The van der Waals surface area contributed by atoms with E-state index in [0.717, 1.165) is 5.56 Å². The Hall–Kier alpha value is -1.38. The first kappa shape index (κ1) is 9.71. The van der Waals surface area contributed by atoms with Crippen LogP contribution in [0.2, 0.25) is 0 Å². The number of rotatable bonds is 1. The van der Waals surface area contributed by atoms with Crippen molar-refractivity contribution in [3.63, 3.8) is 0 Å². The molecule has 0 radical (unpaired) electrons. The number of hydrogen-bond donors (Lipinski definition) is 0. The maximum absolute atomic E-state index is 13.2. The van der Waals surface area contributed by atoms with Crippen molar-refractivity contribution in [3.05, 3.63) is 29.6 Å². The predicted octanol–water partition coefficient (Wildman–Crippen LogP) is 2.56. The van der Waals surface area contributed by atoms with E-state index in [9.17, 15) is 4.39 Å². The van der Waals surface area contributed by atoms with Crippen LogP contribution < -0.4 is 4.74 Å². The largest absolute Gasteiger partial charge is 0.440 e. The Kier molecular flexibility index (Phi) is 3.01. The first-order valence-corrected chi connectivity index (χ1v) is 4.01. The summed E-state index contributed by atoms with van der Waals surface area (Å²) < 4.78 is 18.4. The molecule has 13 heavy (non-hydrogen) atoms. The van der Waals surface area contributed by atoms with Crippen LogP contribution in [-0.2, 0) is 0 Å². The van der Waals surface area contributed by atoms with Crippen LogP contribution in [0.15, 0.2) is 23.2 Å². The second kappa shape index (κ2) is 4.03. The Labute approximate surface area is 77.1 Å². The smallest absolute Gasteiger partial charge is 0.186 e. The lowest BCUT2D eigenvalue weighted by Crippen LogP contribution is -2.05. The first-order chi connectivity index (χ1) is 6.15. The molecule has 0 amide bonds. The van der Waals surface area contributed by atoms with Crippen LogP contribution in [0.4, 0.5) is 4.39 Å². The summed E-state index contributed by atoms with van der Waals surface area (Å²) in [6, 6.07) is 4.81. The Bertz CT molecular complexity index is 313. The fraction of sp³-hybridized carbons (Fsp3) is 0.300. The standard InChI is InChI=1S/C10H12FNO/c1-7-5-4-6-9(11)10(7)13-8(2)12-3/h4-6H,1-3H3. The quantitative estimate of drug-likeness (QED) is 0.482. The van der Waals surface area contributed by atoms with E-state index in [1.807, 2.05) is 0 Å². The van der Waals surface area contributed by atoms with Crippen molar-refractivity contribution < 1.29 is 9.13 Å². The van der Waals surface area contributed by atoms with E-state index in [1.54, 1.807) is 33.0 Å². The summed E-state index contributed by atoms with van der Waals surface area (Å²) in [6.07, 6.45) is 0. The SMILES string of the molecule is CN=C(C)Oc1c(C)cccc1F. The van der Waals surface area contributed by atoms with E-state index in [0.29, 0.717) is 5.90 Å². The van der Waals surface area contributed by atoms with Crippen LogP contribution in [0.3, 0.4) is 0 Å². The third-order valence-electron chi connectivity index (χ3n) is 1.73. The molecule has 0 saturated heterocycles. The molecule has 0 spiro atoms. The van der Waals surface area contributed by atoms with Gasteiger partial charge in [-0.3, -0.25) is 4.99 Å². The lowest BCUT2D eigenvalue weighted by atomic mass is 10.2. The molecule has 0 saturated carbocycles. The highest BCUT2D eigenvalue weighted by atomic mass is 19.1. The molecule has 3 heteroatoms. The van der Waals surface area contributed by atoms with E-state index in [1.165, 1.54) is 6.07 Å². The van der Waals surface area contributed by atoms with E-state index >= 15 is 0 Å². The summed E-state index contributed by atoms with van der Waals surface area (Å²) in [7, 11) is 1.60. The molecule has 0 heterocycles. The number of aliphatic imine (C=N–C) groups is 1. The van der Waals surface area contributed by atoms with Gasteiger partial charge < -0.3 is 4.74 Å². The van der Waals surface area contributed by atoms with Crippen molar-refractivity contribution in [1.82, 2.24) is 0 Å². The predicted molar refractivity (Wildman–Crippen MR) is 50.8 cm³/mol. The second-order valence-electron chi connectivity index (χ2n) is 2.73. The highest BCUT2D eigenvalue weighted by Crippen LogP contribution is 2.21. The van der Waals surface area contributed by atoms with Gasteiger partial charge in [-0.15, -0.1) is 0 Å². The first-order valence-electron chi connectivity index (χ1n) is 4.01. The van der Waals surface area contributed by atoms with Crippen LogP contribution in [0, 0.1) is 12.7 Å². The van der Waals surface area contributed by atoms with Crippen molar-refractivity contribution in [3.8, 4) is 5.75 Å². The van der Waals surface area contributed by atoms with Crippen LogP contribution in [0.5, 0.6) is 5.75 Å². The molecule has 1 rings (SSSR count). The number of hydrogen-bond acceptors (Lipinski definition) is 2. The number of ether oxygens (including phenoxy) is 1. The molecule has 70 valence electrons. The average Bonchev–Trinajstić information content (AvgIpc) is 2.11. The molecule has 2 nitrogen and oxygen atoms in total. The normalized spacial score (nSPS) is 11.5. The Morgan fingerprint density at radius 1 is 1.46 bits per heavy atom. The topological polar surface area (TPSA) is 21.6 Å². The molecule has 1 aromatic rings. The highest BCUT2D eigenvalue weighted by molar-refractivity contribution is 5.76. The van der Waals surface area contributed by atoms with Gasteiger partial charge in [0.25, 0.3) is 0 Å². The molecule has 0 N–H and O–H groups in total. The van der Waals surface area contributed by atoms with E-state index in [-0.39, 0.29) is 11.6 Å². The summed E-state index contributed by atoms with van der Waals surface area (Å²) in [4.78, 5) is 3.79. The van der Waals surface area contributed by atoms with Gasteiger partial charge in [0.1, 0.15) is 0 Å². The monoisotopic (exact) mass is 181 g/mol. The van der Waals surface area contributed by atoms with Gasteiger partial charge in [0.2, 0.25) is 0 Å². The fourth-order valence-corrected chi connectivity index (χ4v) is 0.939. The maximum atomic E-state index is 13.2. The van der Waals surface area contributed by atoms with Crippen LogP contribution in [0.1, 0.15) is 12.5 Å². The van der Waals surface area contributed by atoms with Crippen molar-refractivity contribution >= 4 is 5.90 Å². The maximum Gasteiger partial charge on any atom is 0.186 e. The lowest BCUT2D eigenvalue weighted by molar-refractivity contribution is 0.484. The van der Waals surface area contributed by atoms with Crippen molar-refractivity contribution in [2.24, 2.45) is 4.99 Å². The van der Waals surface area contributed by atoms with E-state index in [4.69, 9.17) is 4.74 Å².